The molecule has 0 heterocycles. The van der Waals surface area contributed by atoms with Gasteiger partial charge in [-0.2, -0.15) is 5.26 Å². The van der Waals surface area contributed by atoms with Gasteiger partial charge in [-0.05, 0) is 17.7 Å². The summed E-state index contributed by atoms with van der Waals surface area (Å²) in [7, 11) is 0. The van der Waals surface area contributed by atoms with Crippen molar-refractivity contribution in [1.29, 1.82) is 5.26 Å². The first kappa shape index (κ1) is 10.0. The fourth-order valence-corrected chi connectivity index (χ4v) is 1.03. The molecule has 0 saturated carbocycles. The van der Waals surface area contributed by atoms with Crippen LogP contribution in [-0.4, -0.2) is 5.91 Å². The number of hydrogen-bond acceptors (Lipinski definition) is 2. The van der Waals surface area contributed by atoms with Gasteiger partial charge >= 0.3 is 0 Å². The molecule has 0 aliphatic rings. The quantitative estimate of drug-likeness (QED) is 0.763. The minimum atomic E-state index is -0.153. The van der Waals surface area contributed by atoms with Crippen LogP contribution in [0.2, 0.25) is 0 Å². The van der Waals surface area contributed by atoms with Crippen molar-refractivity contribution in [3.05, 3.63) is 42.0 Å². The second kappa shape index (κ2) is 4.24. The Morgan fingerprint density at radius 3 is 2.43 bits per heavy atom. The van der Waals surface area contributed by atoms with Gasteiger partial charge in [0, 0.05) is 12.6 Å². The summed E-state index contributed by atoms with van der Waals surface area (Å²) in [4.78, 5) is 10.7. The Hall–Kier alpha value is -2.08. The summed E-state index contributed by atoms with van der Waals surface area (Å²) in [6, 6.07) is 8.88. The molecular weight excluding hydrogens is 176 g/mol. The molecule has 70 valence electrons. The molecule has 1 N–H and O–H groups in total. The Labute approximate surface area is 82.7 Å². The third kappa shape index (κ3) is 2.46. The lowest BCUT2D eigenvalue weighted by molar-refractivity contribution is -0.117. The third-order valence-corrected chi connectivity index (χ3v) is 1.69. The highest BCUT2D eigenvalue weighted by Crippen LogP contribution is 2.10. The number of nitrogens with one attached hydrogen (secondary N) is 1. The molecule has 0 radical (unpaired) electrons. The summed E-state index contributed by atoms with van der Waals surface area (Å²) in [5.41, 5.74) is 1.94. The molecule has 1 aromatic carbocycles. The topological polar surface area (TPSA) is 52.9 Å². The van der Waals surface area contributed by atoms with E-state index in [2.05, 4.69) is 11.9 Å². The Morgan fingerprint density at radius 1 is 1.43 bits per heavy atom. The average molecular weight is 186 g/mol. The number of amides is 1. The summed E-state index contributed by atoms with van der Waals surface area (Å²) in [5, 5.41) is 11.2. The van der Waals surface area contributed by atoms with E-state index < -0.39 is 0 Å². The van der Waals surface area contributed by atoms with Crippen molar-refractivity contribution in [2.24, 2.45) is 0 Å². The molecule has 0 aliphatic carbocycles. The first-order valence-corrected chi connectivity index (χ1v) is 4.10. The van der Waals surface area contributed by atoms with Gasteiger partial charge in [0.25, 0.3) is 0 Å². The average Bonchev–Trinajstić information content (AvgIpc) is 2.17. The summed E-state index contributed by atoms with van der Waals surface area (Å²) in [5.74, 6) is -0.153. The first-order valence-electron chi connectivity index (χ1n) is 4.10. The predicted molar refractivity (Wildman–Crippen MR) is 54.0 cm³/mol. The molecule has 0 bridgehead atoms. The number of nitriles is 1. The van der Waals surface area contributed by atoms with Crippen LogP contribution in [0.1, 0.15) is 18.1 Å². The Kier molecular flexibility index (Phi) is 3.03. The van der Waals surface area contributed by atoms with Gasteiger partial charge in [-0.15, -0.1) is 0 Å². The zero-order valence-electron chi connectivity index (χ0n) is 7.87. The molecule has 0 unspecified atom stereocenters. The van der Waals surface area contributed by atoms with E-state index in [0.29, 0.717) is 11.3 Å². The van der Waals surface area contributed by atoms with Crippen molar-refractivity contribution in [1.82, 2.24) is 5.32 Å². The summed E-state index contributed by atoms with van der Waals surface area (Å²) < 4.78 is 0. The van der Waals surface area contributed by atoms with Crippen LogP contribution in [-0.2, 0) is 4.79 Å². The smallest absolute Gasteiger partial charge is 0.221 e. The minimum absolute atomic E-state index is 0.153. The largest absolute Gasteiger partial charge is 0.326 e. The fraction of sp³-hybridized carbons (Fsp3) is 0.0909. The van der Waals surface area contributed by atoms with Gasteiger partial charge < -0.3 is 5.32 Å². The maximum Gasteiger partial charge on any atom is 0.221 e. The highest BCUT2D eigenvalue weighted by Gasteiger charge is 1.99. The van der Waals surface area contributed by atoms with Crippen molar-refractivity contribution in [2.75, 3.05) is 0 Å². The molecule has 1 rings (SSSR count). The van der Waals surface area contributed by atoms with Crippen LogP contribution in [0.3, 0.4) is 0 Å². The Morgan fingerprint density at radius 2 is 2.00 bits per heavy atom. The molecule has 1 amide bonds. The Balaban J connectivity index is 2.83. The summed E-state index contributed by atoms with van der Waals surface area (Å²) >= 11 is 0. The number of benzene rings is 1. The van der Waals surface area contributed by atoms with Gasteiger partial charge in [0.1, 0.15) is 0 Å². The second-order valence-corrected chi connectivity index (χ2v) is 2.85. The van der Waals surface area contributed by atoms with E-state index in [1.165, 1.54) is 6.92 Å². The number of nitrogens with zero attached hydrogens (tertiary/aromatic N) is 1. The molecule has 3 nitrogen and oxygen atoms in total. The van der Waals surface area contributed by atoms with Crippen LogP contribution in [0.25, 0.3) is 5.70 Å². The molecule has 0 spiro atoms. The van der Waals surface area contributed by atoms with Crippen LogP contribution >= 0.6 is 0 Å². The maximum absolute atomic E-state index is 10.7. The molecule has 14 heavy (non-hydrogen) atoms. The van der Waals surface area contributed by atoms with E-state index in [-0.39, 0.29) is 5.91 Å². The standard InChI is InChI=1S/C11H10N2O/c1-8(13-9(2)14)11-5-3-10(7-12)4-6-11/h3-6H,1H2,2H3,(H,13,14). The SMILES string of the molecule is C=C(NC(C)=O)c1ccc(C#N)cc1. The van der Waals surface area contributed by atoms with E-state index in [1.54, 1.807) is 24.3 Å². The van der Waals surface area contributed by atoms with Gasteiger partial charge in [-0.3, -0.25) is 4.79 Å². The van der Waals surface area contributed by atoms with E-state index in [9.17, 15) is 4.79 Å². The zero-order valence-corrected chi connectivity index (χ0v) is 7.87. The van der Waals surface area contributed by atoms with E-state index in [4.69, 9.17) is 5.26 Å². The second-order valence-electron chi connectivity index (χ2n) is 2.85. The molecule has 0 saturated heterocycles. The van der Waals surface area contributed by atoms with E-state index in [1.807, 2.05) is 6.07 Å². The molecule has 0 aliphatic heterocycles. The molecule has 0 fully saturated rings. The van der Waals surface area contributed by atoms with E-state index in [0.717, 1.165) is 5.56 Å². The molecule has 3 heteroatoms. The van der Waals surface area contributed by atoms with Crippen molar-refractivity contribution in [2.45, 2.75) is 6.92 Å². The minimum Gasteiger partial charge on any atom is -0.326 e. The number of carbonyl (C=O) groups is 1. The van der Waals surface area contributed by atoms with Crippen LogP contribution in [0.4, 0.5) is 0 Å². The monoisotopic (exact) mass is 186 g/mol. The maximum atomic E-state index is 10.7. The number of hydrogen-bond donors (Lipinski definition) is 1. The van der Waals surface area contributed by atoms with Crippen molar-refractivity contribution < 1.29 is 4.79 Å². The highest BCUT2D eigenvalue weighted by atomic mass is 16.1. The first-order chi connectivity index (χ1) is 6.63. The van der Waals surface area contributed by atoms with Crippen LogP contribution < -0.4 is 5.32 Å². The van der Waals surface area contributed by atoms with Crippen LogP contribution in [0.5, 0.6) is 0 Å². The zero-order chi connectivity index (χ0) is 10.6. The lowest BCUT2D eigenvalue weighted by Gasteiger charge is -2.05. The fourth-order valence-electron chi connectivity index (χ4n) is 1.03. The highest BCUT2D eigenvalue weighted by molar-refractivity contribution is 5.84. The lowest BCUT2D eigenvalue weighted by Crippen LogP contribution is -2.17. The molecule has 0 aromatic heterocycles. The molecule has 1 aromatic rings. The van der Waals surface area contributed by atoms with Crippen molar-refractivity contribution >= 4 is 11.6 Å². The normalized spacial score (nSPS) is 8.86. The van der Waals surface area contributed by atoms with Gasteiger partial charge in [-0.1, -0.05) is 18.7 Å². The van der Waals surface area contributed by atoms with Crippen molar-refractivity contribution in [3.63, 3.8) is 0 Å². The van der Waals surface area contributed by atoms with Crippen molar-refractivity contribution in [3.8, 4) is 6.07 Å². The number of carbonyl (C=O) groups excluding carboxylic acids is 1. The van der Waals surface area contributed by atoms with Gasteiger partial charge in [0.2, 0.25) is 5.91 Å². The number of rotatable bonds is 2. The Bertz CT molecular complexity index is 398. The van der Waals surface area contributed by atoms with Gasteiger partial charge in [0.05, 0.1) is 11.6 Å². The summed E-state index contributed by atoms with van der Waals surface area (Å²) in [6.07, 6.45) is 0. The third-order valence-electron chi connectivity index (χ3n) is 1.69. The van der Waals surface area contributed by atoms with Gasteiger partial charge in [-0.25, -0.2) is 0 Å². The lowest BCUT2D eigenvalue weighted by atomic mass is 10.1. The van der Waals surface area contributed by atoms with Crippen LogP contribution in [0.15, 0.2) is 30.8 Å². The molecular formula is C11H10N2O. The van der Waals surface area contributed by atoms with E-state index >= 15 is 0 Å². The molecule has 0 atom stereocenters. The predicted octanol–water partition coefficient (Wildman–Crippen LogP) is 1.67. The van der Waals surface area contributed by atoms with Gasteiger partial charge in [0.15, 0.2) is 0 Å². The summed E-state index contributed by atoms with van der Waals surface area (Å²) in [6.45, 7) is 5.13. The van der Waals surface area contributed by atoms with Crippen LogP contribution in [0, 0.1) is 11.3 Å².